The van der Waals surface area contributed by atoms with Crippen LogP contribution in [-0.4, -0.2) is 12.7 Å². The summed E-state index contributed by atoms with van der Waals surface area (Å²) in [6, 6.07) is 9.70. The van der Waals surface area contributed by atoms with E-state index in [4.69, 9.17) is 5.73 Å². The maximum absolute atomic E-state index is 13.4. The Hall–Kier alpha value is -0.890. The van der Waals surface area contributed by atoms with Crippen LogP contribution in [0.1, 0.15) is 24.8 Å². The third-order valence-corrected chi connectivity index (χ3v) is 2.31. The molecule has 0 aromatic heterocycles. The van der Waals surface area contributed by atoms with Crippen molar-refractivity contribution in [3.05, 3.63) is 35.9 Å². The van der Waals surface area contributed by atoms with Gasteiger partial charge in [-0.15, -0.1) is 0 Å². The van der Waals surface area contributed by atoms with Gasteiger partial charge in [0.15, 0.2) is 0 Å². The van der Waals surface area contributed by atoms with Crippen molar-refractivity contribution < 1.29 is 4.39 Å². The first kappa shape index (κ1) is 10.2. The van der Waals surface area contributed by atoms with Crippen molar-refractivity contribution in [2.24, 2.45) is 5.73 Å². The lowest BCUT2D eigenvalue weighted by atomic mass is 9.95. The molecule has 72 valence electrons. The number of benzene rings is 1. The number of hydrogen-bond donors (Lipinski definition) is 1. The minimum absolute atomic E-state index is 0.0512. The van der Waals surface area contributed by atoms with Crippen molar-refractivity contribution in [1.29, 1.82) is 0 Å². The van der Waals surface area contributed by atoms with Crippen molar-refractivity contribution in [3.8, 4) is 0 Å². The lowest BCUT2D eigenvalue weighted by Crippen LogP contribution is -2.15. The van der Waals surface area contributed by atoms with Crippen LogP contribution in [0.15, 0.2) is 30.3 Å². The van der Waals surface area contributed by atoms with Crippen molar-refractivity contribution in [2.45, 2.75) is 25.4 Å². The summed E-state index contributed by atoms with van der Waals surface area (Å²) < 4.78 is 13.4. The van der Waals surface area contributed by atoms with E-state index in [1.54, 1.807) is 0 Å². The zero-order valence-electron chi connectivity index (χ0n) is 7.91. The lowest BCUT2D eigenvalue weighted by Gasteiger charge is -2.15. The van der Waals surface area contributed by atoms with Gasteiger partial charge in [0.25, 0.3) is 0 Å². The van der Waals surface area contributed by atoms with Crippen molar-refractivity contribution in [3.63, 3.8) is 0 Å². The van der Waals surface area contributed by atoms with Gasteiger partial charge in [-0.1, -0.05) is 37.3 Å². The second-order valence-electron chi connectivity index (χ2n) is 3.29. The second kappa shape index (κ2) is 4.97. The molecular formula is C11H16FN. The Morgan fingerprint density at radius 3 is 2.46 bits per heavy atom. The molecule has 0 aliphatic carbocycles. The Balaban J connectivity index is 2.62. The van der Waals surface area contributed by atoms with Gasteiger partial charge in [-0.3, -0.25) is 0 Å². The molecule has 2 heteroatoms. The summed E-state index contributed by atoms with van der Waals surface area (Å²) in [7, 11) is 0. The van der Waals surface area contributed by atoms with Crippen LogP contribution in [0.2, 0.25) is 0 Å². The Labute approximate surface area is 78.8 Å². The third-order valence-electron chi connectivity index (χ3n) is 2.31. The summed E-state index contributed by atoms with van der Waals surface area (Å²) in [5.41, 5.74) is 6.35. The van der Waals surface area contributed by atoms with Crippen LogP contribution >= 0.6 is 0 Å². The summed E-state index contributed by atoms with van der Waals surface area (Å²) >= 11 is 0. The molecule has 1 nitrogen and oxygen atoms in total. The first-order valence-corrected chi connectivity index (χ1v) is 4.64. The van der Waals surface area contributed by atoms with Crippen LogP contribution in [0.3, 0.4) is 0 Å². The molecule has 1 aromatic carbocycles. The zero-order valence-corrected chi connectivity index (χ0v) is 7.91. The maximum Gasteiger partial charge on any atom is 0.108 e. The molecule has 0 spiro atoms. The van der Waals surface area contributed by atoms with E-state index in [9.17, 15) is 4.39 Å². The fraction of sp³-hybridized carbons (Fsp3) is 0.455. The normalized spacial score (nSPS) is 15.3. The molecule has 0 bridgehead atoms. The molecule has 0 saturated carbocycles. The van der Waals surface area contributed by atoms with Gasteiger partial charge in [0.05, 0.1) is 0 Å². The van der Waals surface area contributed by atoms with Crippen LogP contribution in [0.4, 0.5) is 4.39 Å². The topological polar surface area (TPSA) is 26.0 Å². The number of halogens is 1. The highest BCUT2D eigenvalue weighted by atomic mass is 19.1. The zero-order chi connectivity index (χ0) is 9.68. The van der Waals surface area contributed by atoms with Crippen molar-refractivity contribution >= 4 is 0 Å². The van der Waals surface area contributed by atoms with E-state index < -0.39 is 6.17 Å². The van der Waals surface area contributed by atoms with Gasteiger partial charge in [-0.05, 0) is 18.5 Å². The molecule has 0 aliphatic rings. The van der Waals surface area contributed by atoms with Crippen LogP contribution in [0.25, 0.3) is 0 Å². The fourth-order valence-corrected chi connectivity index (χ4v) is 1.37. The van der Waals surface area contributed by atoms with E-state index in [0.717, 1.165) is 5.56 Å². The van der Waals surface area contributed by atoms with Crippen LogP contribution < -0.4 is 5.73 Å². The molecule has 2 atom stereocenters. The molecule has 0 radical (unpaired) electrons. The second-order valence-corrected chi connectivity index (χ2v) is 3.29. The summed E-state index contributed by atoms with van der Waals surface area (Å²) in [5, 5.41) is 0. The molecule has 0 saturated heterocycles. The quantitative estimate of drug-likeness (QED) is 0.758. The number of alkyl halides is 1. The molecule has 2 N–H and O–H groups in total. The first-order chi connectivity index (χ1) is 6.25. The third kappa shape index (κ3) is 2.81. The van der Waals surface area contributed by atoms with Crippen LogP contribution in [0.5, 0.6) is 0 Å². The van der Waals surface area contributed by atoms with Gasteiger partial charge in [0.2, 0.25) is 0 Å². The van der Waals surface area contributed by atoms with Crippen molar-refractivity contribution in [1.82, 2.24) is 0 Å². The Kier molecular flexibility index (Phi) is 3.90. The van der Waals surface area contributed by atoms with E-state index >= 15 is 0 Å². The highest BCUT2D eigenvalue weighted by molar-refractivity contribution is 5.19. The highest BCUT2D eigenvalue weighted by Gasteiger charge is 2.16. The van der Waals surface area contributed by atoms with Gasteiger partial charge in [0, 0.05) is 5.92 Å². The number of hydrogen-bond acceptors (Lipinski definition) is 1. The lowest BCUT2D eigenvalue weighted by molar-refractivity contribution is 0.278. The molecule has 1 aromatic rings. The standard InChI is InChI=1S/C11H16FN/c1-9(11(12)7-8-13)10-5-3-2-4-6-10/h2-6,9,11H,7-8,13H2,1H3. The molecule has 0 heterocycles. The van der Waals surface area contributed by atoms with Crippen molar-refractivity contribution in [2.75, 3.05) is 6.54 Å². The first-order valence-electron chi connectivity index (χ1n) is 4.64. The summed E-state index contributed by atoms with van der Waals surface area (Å²) in [4.78, 5) is 0. The van der Waals surface area contributed by atoms with Gasteiger partial charge in [0.1, 0.15) is 6.17 Å². The molecule has 0 fully saturated rings. The average Bonchev–Trinajstić information content (AvgIpc) is 2.18. The fourth-order valence-electron chi connectivity index (χ4n) is 1.37. The minimum Gasteiger partial charge on any atom is -0.330 e. The minimum atomic E-state index is -0.826. The van der Waals surface area contributed by atoms with Crippen LogP contribution in [0, 0.1) is 0 Å². The monoisotopic (exact) mass is 181 g/mol. The largest absolute Gasteiger partial charge is 0.330 e. The Morgan fingerprint density at radius 2 is 1.92 bits per heavy atom. The van der Waals surface area contributed by atoms with Gasteiger partial charge < -0.3 is 5.73 Å². The van der Waals surface area contributed by atoms with Gasteiger partial charge in [-0.25, -0.2) is 4.39 Å². The van der Waals surface area contributed by atoms with E-state index in [1.165, 1.54) is 0 Å². The summed E-state index contributed by atoms with van der Waals surface area (Å²) in [6.45, 7) is 2.31. The predicted octanol–water partition coefficient (Wildman–Crippen LogP) is 2.48. The van der Waals surface area contributed by atoms with E-state index in [-0.39, 0.29) is 5.92 Å². The molecule has 13 heavy (non-hydrogen) atoms. The van der Waals surface area contributed by atoms with Gasteiger partial charge in [-0.2, -0.15) is 0 Å². The maximum atomic E-state index is 13.4. The van der Waals surface area contributed by atoms with E-state index in [1.807, 2.05) is 37.3 Å². The summed E-state index contributed by atoms with van der Waals surface area (Å²) in [6.07, 6.45) is -0.386. The van der Waals surface area contributed by atoms with E-state index in [2.05, 4.69) is 0 Å². The SMILES string of the molecule is CC(c1ccccc1)C(F)CCN. The molecule has 1 rings (SSSR count). The highest BCUT2D eigenvalue weighted by Crippen LogP contribution is 2.22. The Morgan fingerprint density at radius 1 is 1.31 bits per heavy atom. The molecule has 2 unspecified atom stereocenters. The van der Waals surface area contributed by atoms with E-state index in [0.29, 0.717) is 13.0 Å². The molecular weight excluding hydrogens is 165 g/mol. The smallest absolute Gasteiger partial charge is 0.108 e. The molecule has 0 amide bonds. The van der Waals surface area contributed by atoms with Gasteiger partial charge >= 0.3 is 0 Å². The predicted molar refractivity (Wildman–Crippen MR) is 53.4 cm³/mol. The number of rotatable bonds is 4. The number of nitrogens with two attached hydrogens (primary N) is 1. The molecule has 0 aliphatic heterocycles. The van der Waals surface area contributed by atoms with Crippen LogP contribution in [-0.2, 0) is 0 Å². The Bertz CT molecular complexity index is 235. The average molecular weight is 181 g/mol. The summed E-state index contributed by atoms with van der Waals surface area (Å²) in [5.74, 6) is -0.0512.